The first-order valence-electron chi connectivity index (χ1n) is 7.73. The molecule has 126 valence electrons. The molecule has 0 radical (unpaired) electrons. The summed E-state index contributed by atoms with van der Waals surface area (Å²) >= 11 is 0. The molecule has 5 nitrogen and oxygen atoms in total. The van der Waals surface area contributed by atoms with E-state index in [9.17, 15) is 9.50 Å². The Labute approximate surface area is 139 Å². The van der Waals surface area contributed by atoms with Gasteiger partial charge < -0.3 is 19.8 Å². The van der Waals surface area contributed by atoms with Gasteiger partial charge in [0.1, 0.15) is 28.8 Å². The molecule has 0 aliphatic carbocycles. The number of H-pyrrole nitrogens is 1. The maximum absolute atomic E-state index is 13.2. The number of aliphatic hydroxyl groups is 1. The number of aromatic amines is 1. The summed E-state index contributed by atoms with van der Waals surface area (Å²) in [5.41, 5.74) is -0.336. The molecule has 0 amide bonds. The third kappa shape index (κ3) is 3.55. The number of nitrogens with zero attached hydrogens (tertiary/aromatic N) is 1. The molecule has 2 heterocycles. The normalized spacial score (nSPS) is 15.2. The summed E-state index contributed by atoms with van der Waals surface area (Å²) in [5.74, 6) is 1.62. The van der Waals surface area contributed by atoms with Crippen LogP contribution in [0.15, 0.2) is 53.2 Å². The zero-order chi connectivity index (χ0) is 17.2. The number of imidazole rings is 1. The van der Waals surface area contributed by atoms with Gasteiger partial charge in [-0.05, 0) is 43.7 Å². The maximum Gasteiger partial charge on any atom is 0.136 e. The summed E-state index contributed by atoms with van der Waals surface area (Å²) in [6.07, 6.45) is 3.38. The summed E-state index contributed by atoms with van der Waals surface area (Å²) < 4.78 is 18.7. The number of aromatic nitrogens is 2. The van der Waals surface area contributed by atoms with Gasteiger partial charge in [-0.2, -0.15) is 0 Å². The van der Waals surface area contributed by atoms with Gasteiger partial charge in [0.2, 0.25) is 0 Å². The summed E-state index contributed by atoms with van der Waals surface area (Å²) in [6.45, 7) is 3.75. The van der Waals surface area contributed by atoms with Crippen LogP contribution >= 0.6 is 0 Å². The first-order valence-corrected chi connectivity index (χ1v) is 7.73. The van der Waals surface area contributed by atoms with Crippen molar-refractivity contribution in [2.45, 2.75) is 25.5 Å². The third-order valence-electron chi connectivity index (χ3n) is 3.92. The Morgan fingerprint density at radius 2 is 2.04 bits per heavy atom. The zero-order valence-corrected chi connectivity index (χ0v) is 13.6. The van der Waals surface area contributed by atoms with E-state index in [1.54, 1.807) is 37.5 Å². The standard InChI is InChI=1S/C18H20FN3O2/c1-12-3-8-15(24-12)18(2,23)11-22-16(17-20-9-10-21-17)13-4-6-14(19)7-5-13/h3-10,16,22-23H,11H2,1-2H3,(H,20,21). The molecule has 0 bridgehead atoms. The van der Waals surface area contributed by atoms with Crippen molar-refractivity contribution in [1.29, 1.82) is 0 Å². The maximum atomic E-state index is 13.2. The smallest absolute Gasteiger partial charge is 0.136 e. The molecule has 0 aliphatic rings. The van der Waals surface area contributed by atoms with Gasteiger partial charge in [-0.15, -0.1) is 0 Å². The number of hydrogen-bond acceptors (Lipinski definition) is 4. The van der Waals surface area contributed by atoms with Crippen LogP contribution in [0.2, 0.25) is 0 Å². The molecule has 2 aromatic heterocycles. The highest BCUT2D eigenvalue weighted by molar-refractivity contribution is 5.25. The fourth-order valence-electron chi connectivity index (χ4n) is 2.57. The van der Waals surface area contributed by atoms with Gasteiger partial charge in [0.25, 0.3) is 0 Å². The van der Waals surface area contributed by atoms with Crippen molar-refractivity contribution < 1.29 is 13.9 Å². The van der Waals surface area contributed by atoms with Crippen LogP contribution in [0, 0.1) is 12.7 Å². The number of furan rings is 1. The van der Waals surface area contributed by atoms with E-state index in [4.69, 9.17) is 4.42 Å². The average molecular weight is 329 g/mol. The van der Waals surface area contributed by atoms with Crippen molar-refractivity contribution in [2.75, 3.05) is 6.54 Å². The van der Waals surface area contributed by atoms with Crippen molar-refractivity contribution in [3.05, 3.63) is 77.5 Å². The lowest BCUT2D eigenvalue weighted by atomic mass is 10.0. The van der Waals surface area contributed by atoms with Crippen molar-refractivity contribution in [3.8, 4) is 0 Å². The Balaban J connectivity index is 1.81. The van der Waals surface area contributed by atoms with E-state index in [0.29, 0.717) is 11.6 Å². The van der Waals surface area contributed by atoms with Crippen LogP contribution in [0.1, 0.15) is 35.9 Å². The van der Waals surface area contributed by atoms with E-state index in [0.717, 1.165) is 11.3 Å². The first-order chi connectivity index (χ1) is 11.5. The van der Waals surface area contributed by atoms with Gasteiger partial charge in [0, 0.05) is 18.9 Å². The minimum absolute atomic E-state index is 0.239. The Morgan fingerprint density at radius 3 is 2.62 bits per heavy atom. The molecule has 3 N–H and O–H groups in total. The average Bonchev–Trinajstić information content (AvgIpc) is 3.21. The Morgan fingerprint density at radius 1 is 1.29 bits per heavy atom. The van der Waals surface area contributed by atoms with E-state index in [2.05, 4.69) is 15.3 Å². The second-order valence-corrected chi connectivity index (χ2v) is 6.02. The monoisotopic (exact) mass is 329 g/mol. The minimum atomic E-state index is -1.18. The molecule has 2 unspecified atom stereocenters. The second-order valence-electron chi connectivity index (χ2n) is 6.02. The van der Waals surface area contributed by atoms with Crippen LogP contribution in [0.3, 0.4) is 0 Å². The molecule has 3 rings (SSSR count). The van der Waals surface area contributed by atoms with E-state index >= 15 is 0 Å². The van der Waals surface area contributed by atoms with Crippen molar-refractivity contribution in [2.24, 2.45) is 0 Å². The number of benzene rings is 1. The molecular formula is C18H20FN3O2. The molecule has 3 aromatic rings. The van der Waals surface area contributed by atoms with Crippen LogP contribution in [0.4, 0.5) is 4.39 Å². The fourth-order valence-corrected chi connectivity index (χ4v) is 2.57. The molecule has 1 aromatic carbocycles. The first kappa shape index (κ1) is 16.4. The number of halogens is 1. The summed E-state index contributed by atoms with van der Waals surface area (Å²) in [6, 6.07) is 9.47. The number of rotatable bonds is 6. The minimum Gasteiger partial charge on any atom is -0.463 e. The second kappa shape index (κ2) is 6.59. The van der Waals surface area contributed by atoms with E-state index in [1.165, 1.54) is 12.1 Å². The number of aryl methyl sites for hydroxylation is 1. The highest BCUT2D eigenvalue weighted by Crippen LogP contribution is 2.25. The summed E-state index contributed by atoms with van der Waals surface area (Å²) in [4.78, 5) is 7.33. The fraction of sp³-hybridized carbons (Fsp3) is 0.278. The van der Waals surface area contributed by atoms with Gasteiger partial charge in [-0.1, -0.05) is 12.1 Å². The largest absolute Gasteiger partial charge is 0.463 e. The number of nitrogens with one attached hydrogen (secondary N) is 2. The van der Waals surface area contributed by atoms with Gasteiger partial charge >= 0.3 is 0 Å². The highest BCUT2D eigenvalue weighted by atomic mass is 19.1. The molecule has 0 spiro atoms. The van der Waals surface area contributed by atoms with Gasteiger partial charge in [0.05, 0.1) is 6.04 Å². The molecule has 6 heteroatoms. The Kier molecular flexibility index (Phi) is 4.51. The predicted molar refractivity (Wildman–Crippen MR) is 87.8 cm³/mol. The number of hydrogen-bond donors (Lipinski definition) is 3. The molecular weight excluding hydrogens is 309 g/mol. The lowest BCUT2D eigenvalue weighted by Gasteiger charge is -2.25. The van der Waals surface area contributed by atoms with Crippen molar-refractivity contribution in [3.63, 3.8) is 0 Å². The van der Waals surface area contributed by atoms with E-state index in [1.807, 2.05) is 13.0 Å². The van der Waals surface area contributed by atoms with Crippen LogP contribution in [-0.4, -0.2) is 21.6 Å². The van der Waals surface area contributed by atoms with E-state index in [-0.39, 0.29) is 18.4 Å². The molecule has 0 saturated heterocycles. The summed E-state index contributed by atoms with van der Waals surface area (Å²) in [7, 11) is 0. The van der Waals surface area contributed by atoms with Crippen molar-refractivity contribution in [1.82, 2.24) is 15.3 Å². The SMILES string of the molecule is Cc1ccc(C(C)(O)CNC(c2ccc(F)cc2)c2ncc[nH]2)o1. The molecule has 0 fully saturated rings. The van der Waals surface area contributed by atoms with Crippen LogP contribution < -0.4 is 5.32 Å². The Hall–Kier alpha value is -2.44. The topological polar surface area (TPSA) is 74.1 Å². The van der Waals surface area contributed by atoms with Crippen molar-refractivity contribution >= 4 is 0 Å². The molecule has 24 heavy (non-hydrogen) atoms. The third-order valence-corrected chi connectivity index (χ3v) is 3.92. The quantitative estimate of drug-likeness (QED) is 0.650. The van der Waals surface area contributed by atoms with Gasteiger partial charge in [-0.3, -0.25) is 0 Å². The lowest BCUT2D eigenvalue weighted by molar-refractivity contribution is 0.0317. The predicted octanol–water partition coefficient (Wildman–Crippen LogP) is 3.04. The van der Waals surface area contributed by atoms with Crippen LogP contribution in [-0.2, 0) is 5.60 Å². The Bertz CT molecular complexity index is 779. The highest BCUT2D eigenvalue weighted by Gasteiger charge is 2.29. The summed E-state index contributed by atoms with van der Waals surface area (Å²) in [5, 5.41) is 14.0. The van der Waals surface area contributed by atoms with Crippen LogP contribution in [0.25, 0.3) is 0 Å². The molecule has 0 aliphatic heterocycles. The van der Waals surface area contributed by atoms with E-state index < -0.39 is 5.60 Å². The zero-order valence-electron chi connectivity index (χ0n) is 13.6. The van der Waals surface area contributed by atoms with Gasteiger partial charge in [0.15, 0.2) is 0 Å². The van der Waals surface area contributed by atoms with Gasteiger partial charge in [-0.25, -0.2) is 9.37 Å². The molecule has 0 saturated carbocycles. The lowest BCUT2D eigenvalue weighted by Crippen LogP contribution is -2.37. The molecule has 2 atom stereocenters. The van der Waals surface area contributed by atoms with Crippen LogP contribution in [0.5, 0.6) is 0 Å².